The summed E-state index contributed by atoms with van der Waals surface area (Å²) < 4.78 is 5.70. The number of fused-ring (bicyclic) bond motifs is 1. The Morgan fingerprint density at radius 1 is 1.12 bits per heavy atom. The van der Waals surface area contributed by atoms with Crippen LogP contribution in [0.1, 0.15) is 19.3 Å². The maximum absolute atomic E-state index is 12.2. The molecule has 0 saturated carbocycles. The van der Waals surface area contributed by atoms with Crippen molar-refractivity contribution in [3.63, 3.8) is 0 Å². The quantitative estimate of drug-likeness (QED) is 0.703. The van der Waals surface area contributed by atoms with Gasteiger partial charge in [0.1, 0.15) is 11.6 Å². The van der Waals surface area contributed by atoms with Crippen LogP contribution < -0.4 is 10.3 Å². The number of aromatic nitrogens is 2. The number of nitriles is 1. The van der Waals surface area contributed by atoms with Gasteiger partial charge >= 0.3 is 0 Å². The summed E-state index contributed by atoms with van der Waals surface area (Å²) in [6.45, 7) is 0.562. The molecule has 0 atom stereocenters. The van der Waals surface area contributed by atoms with E-state index < -0.39 is 0 Å². The van der Waals surface area contributed by atoms with Gasteiger partial charge in [-0.2, -0.15) is 5.26 Å². The molecule has 0 spiro atoms. The van der Waals surface area contributed by atoms with Gasteiger partial charge in [-0.05, 0) is 37.1 Å². The fourth-order valence-electron chi connectivity index (χ4n) is 2.45. The third-order valence-corrected chi connectivity index (χ3v) is 3.67. The average Bonchev–Trinajstić information content (AvgIpc) is 2.62. The first-order chi connectivity index (χ1) is 11.8. The van der Waals surface area contributed by atoms with Crippen molar-refractivity contribution in [3.8, 4) is 23.2 Å². The Labute approximate surface area is 139 Å². The number of rotatable bonds is 6. The molecule has 120 valence electrons. The van der Waals surface area contributed by atoms with E-state index in [4.69, 9.17) is 10.00 Å². The van der Waals surface area contributed by atoms with E-state index in [0.717, 1.165) is 24.2 Å². The van der Waals surface area contributed by atoms with Gasteiger partial charge in [0.2, 0.25) is 0 Å². The van der Waals surface area contributed by atoms with Crippen molar-refractivity contribution in [2.75, 3.05) is 6.61 Å². The highest BCUT2D eigenvalue weighted by molar-refractivity contribution is 5.79. The summed E-state index contributed by atoms with van der Waals surface area (Å²) in [6.07, 6.45) is 2.21. The van der Waals surface area contributed by atoms with Gasteiger partial charge in [0, 0.05) is 12.0 Å². The minimum atomic E-state index is -0.154. The lowest BCUT2D eigenvalue weighted by molar-refractivity contribution is 0.307. The minimum absolute atomic E-state index is 0.154. The van der Waals surface area contributed by atoms with Crippen LogP contribution in [-0.2, 0) is 0 Å². The first kappa shape index (κ1) is 15.8. The SMILES string of the molecule is N#CCCCCOc1cccc(-c2nc3ccccc3c(=O)[nH]2)c1. The second-order valence-corrected chi connectivity index (χ2v) is 5.42. The molecule has 0 amide bonds. The fraction of sp³-hybridized carbons (Fsp3) is 0.211. The maximum Gasteiger partial charge on any atom is 0.259 e. The molecule has 0 radical (unpaired) electrons. The lowest BCUT2D eigenvalue weighted by atomic mass is 10.2. The predicted octanol–water partition coefficient (Wildman–Crippen LogP) is 3.66. The Morgan fingerprint density at radius 3 is 2.88 bits per heavy atom. The fourth-order valence-corrected chi connectivity index (χ4v) is 2.45. The van der Waals surface area contributed by atoms with Crippen molar-refractivity contribution in [1.82, 2.24) is 9.97 Å². The average molecular weight is 319 g/mol. The molecule has 3 aromatic rings. The number of ether oxygens (including phenoxy) is 1. The van der Waals surface area contributed by atoms with Crippen LogP contribution in [0.15, 0.2) is 53.3 Å². The molecular weight excluding hydrogens is 302 g/mol. The molecule has 0 aliphatic rings. The Balaban J connectivity index is 1.81. The van der Waals surface area contributed by atoms with Crippen molar-refractivity contribution in [2.45, 2.75) is 19.3 Å². The Hall–Kier alpha value is -3.13. The molecule has 0 bridgehead atoms. The van der Waals surface area contributed by atoms with Crippen molar-refractivity contribution in [3.05, 3.63) is 58.9 Å². The first-order valence-corrected chi connectivity index (χ1v) is 7.87. The molecule has 1 aromatic heterocycles. The van der Waals surface area contributed by atoms with Crippen LogP contribution in [0, 0.1) is 11.3 Å². The van der Waals surface area contributed by atoms with E-state index in [-0.39, 0.29) is 5.56 Å². The van der Waals surface area contributed by atoms with Crippen LogP contribution in [0.2, 0.25) is 0 Å². The van der Waals surface area contributed by atoms with E-state index in [9.17, 15) is 4.79 Å². The van der Waals surface area contributed by atoms with Gasteiger partial charge in [-0.1, -0.05) is 24.3 Å². The van der Waals surface area contributed by atoms with Crippen molar-refractivity contribution >= 4 is 10.9 Å². The van der Waals surface area contributed by atoms with Crippen LogP contribution >= 0.6 is 0 Å². The number of benzene rings is 2. The Kier molecular flexibility index (Phi) is 4.87. The number of aromatic amines is 1. The first-order valence-electron chi connectivity index (χ1n) is 7.87. The zero-order valence-electron chi connectivity index (χ0n) is 13.2. The third-order valence-electron chi connectivity index (χ3n) is 3.67. The van der Waals surface area contributed by atoms with Gasteiger partial charge < -0.3 is 9.72 Å². The molecule has 3 rings (SSSR count). The molecule has 0 fully saturated rings. The largest absolute Gasteiger partial charge is 0.494 e. The highest BCUT2D eigenvalue weighted by atomic mass is 16.5. The smallest absolute Gasteiger partial charge is 0.259 e. The van der Waals surface area contributed by atoms with Crippen LogP contribution in [0.3, 0.4) is 0 Å². The van der Waals surface area contributed by atoms with Crippen molar-refractivity contribution < 1.29 is 4.74 Å². The molecule has 0 unspecified atom stereocenters. The highest BCUT2D eigenvalue weighted by Crippen LogP contribution is 2.21. The second kappa shape index (κ2) is 7.42. The number of nitrogens with zero attached hydrogens (tertiary/aromatic N) is 2. The standard InChI is InChI=1S/C19H17N3O2/c20-11-4-1-5-12-24-15-8-6-7-14(13-15)18-21-17-10-3-2-9-16(17)19(23)22-18/h2-3,6-10,13H,1,4-5,12H2,(H,21,22,23). The number of para-hydroxylation sites is 1. The predicted molar refractivity (Wildman–Crippen MR) is 92.8 cm³/mol. The van der Waals surface area contributed by atoms with Gasteiger partial charge in [-0.3, -0.25) is 4.79 Å². The van der Waals surface area contributed by atoms with E-state index in [2.05, 4.69) is 16.0 Å². The molecule has 0 saturated heterocycles. The van der Waals surface area contributed by atoms with Crippen LogP contribution in [-0.4, -0.2) is 16.6 Å². The number of unbranched alkanes of at least 4 members (excludes halogenated alkanes) is 2. The summed E-state index contributed by atoms with van der Waals surface area (Å²) in [5, 5.41) is 9.09. The van der Waals surface area contributed by atoms with Crippen LogP contribution in [0.25, 0.3) is 22.3 Å². The zero-order chi connectivity index (χ0) is 16.8. The lowest BCUT2D eigenvalue weighted by Gasteiger charge is -2.08. The van der Waals surface area contributed by atoms with E-state index in [1.807, 2.05) is 42.5 Å². The summed E-state index contributed by atoms with van der Waals surface area (Å²) in [5.74, 6) is 1.24. The Bertz CT molecular complexity index is 941. The summed E-state index contributed by atoms with van der Waals surface area (Å²) in [5.41, 5.74) is 1.31. The van der Waals surface area contributed by atoms with Crippen LogP contribution in [0.5, 0.6) is 5.75 Å². The van der Waals surface area contributed by atoms with Gasteiger partial charge in [-0.15, -0.1) is 0 Å². The maximum atomic E-state index is 12.2. The Morgan fingerprint density at radius 2 is 2.00 bits per heavy atom. The van der Waals surface area contributed by atoms with Crippen LogP contribution in [0.4, 0.5) is 0 Å². The van der Waals surface area contributed by atoms with Crippen molar-refractivity contribution in [2.24, 2.45) is 0 Å². The van der Waals surface area contributed by atoms with E-state index >= 15 is 0 Å². The summed E-state index contributed by atoms with van der Waals surface area (Å²) in [6, 6.07) is 16.9. The molecule has 5 nitrogen and oxygen atoms in total. The zero-order valence-corrected chi connectivity index (χ0v) is 13.2. The normalized spacial score (nSPS) is 10.5. The second-order valence-electron chi connectivity index (χ2n) is 5.42. The van der Waals surface area contributed by atoms with Crippen molar-refractivity contribution in [1.29, 1.82) is 5.26 Å². The minimum Gasteiger partial charge on any atom is -0.494 e. The molecule has 1 heterocycles. The molecule has 24 heavy (non-hydrogen) atoms. The molecule has 1 N–H and O–H groups in total. The number of hydrogen-bond donors (Lipinski definition) is 1. The number of nitrogens with one attached hydrogen (secondary N) is 1. The number of H-pyrrole nitrogens is 1. The van der Waals surface area contributed by atoms with E-state index in [1.165, 1.54) is 0 Å². The molecule has 0 aliphatic heterocycles. The third kappa shape index (κ3) is 3.61. The van der Waals surface area contributed by atoms with E-state index in [0.29, 0.717) is 29.8 Å². The topological polar surface area (TPSA) is 78.8 Å². The summed E-state index contributed by atoms with van der Waals surface area (Å²) in [7, 11) is 0. The summed E-state index contributed by atoms with van der Waals surface area (Å²) >= 11 is 0. The van der Waals surface area contributed by atoms with E-state index in [1.54, 1.807) is 6.07 Å². The highest BCUT2D eigenvalue weighted by Gasteiger charge is 2.06. The van der Waals surface area contributed by atoms with Gasteiger partial charge in [-0.25, -0.2) is 4.98 Å². The van der Waals surface area contributed by atoms with Gasteiger partial charge in [0.15, 0.2) is 0 Å². The number of hydrogen-bond acceptors (Lipinski definition) is 4. The molecule has 0 aliphatic carbocycles. The lowest BCUT2D eigenvalue weighted by Crippen LogP contribution is -2.09. The molecule has 5 heteroatoms. The molecule has 2 aromatic carbocycles. The van der Waals surface area contributed by atoms with Gasteiger partial charge in [0.05, 0.1) is 23.6 Å². The van der Waals surface area contributed by atoms with Gasteiger partial charge in [0.25, 0.3) is 5.56 Å². The molecular formula is C19H17N3O2. The monoisotopic (exact) mass is 319 g/mol. The summed E-state index contributed by atoms with van der Waals surface area (Å²) in [4.78, 5) is 19.5.